The quantitative estimate of drug-likeness (QED) is 0.394. The van der Waals surface area contributed by atoms with Crippen LogP contribution in [0.15, 0.2) is 33.7 Å². The molecular weight excluding hydrogens is 457 g/mol. The van der Waals surface area contributed by atoms with Crippen LogP contribution in [0.2, 0.25) is 0 Å². The molecule has 0 aliphatic heterocycles. The van der Waals surface area contributed by atoms with Crippen LogP contribution in [0, 0.1) is 5.92 Å². The number of rotatable bonds is 4. The average Bonchev–Trinajstić information content (AvgIpc) is 2.88. The first-order valence-corrected chi connectivity index (χ1v) is 8.24. The van der Waals surface area contributed by atoms with E-state index >= 15 is 0 Å². The van der Waals surface area contributed by atoms with Gasteiger partial charge in [-0.05, 0) is 24.5 Å². The highest BCUT2D eigenvalue weighted by molar-refractivity contribution is 14.0. The molecule has 1 aromatic carbocycles. The molecule has 0 aromatic heterocycles. The summed E-state index contributed by atoms with van der Waals surface area (Å²) in [4.78, 5) is 6.43. The third kappa shape index (κ3) is 5.38. The highest BCUT2D eigenvalue weighted by Crippen LogP contribution is 2.24. The second-order valence-electron chi connectivity index (χ2n) is 5.63. The van der Waals surface area contributed by atoms with Gasteiger partial charge in [0.2, 0.25) is 0 Å². The van der Waals surface area contributed by atoms with Crippen molar-refractivity contribution in [2.75, 3.05) is 20.6 Å². The first-order valence-electron chi connectivity index (χ1n) is 7.45. The molecule has 1 aliphatic carbocycles. The van der Waals surface area contributed by atoms with Gasteiger partial charge in [0.05, 0.1) is 6.10 Å². The molecule has 2 N–H and O–H groups in total. The smallest absolute Gasteiger partial charge is 0.193 e. The predicted molar refractivity (Wildman–Crippen MR) is 106 cm³/mol. The maximum Gasteiger partial charge on any atom is 0.193 e. The molecule has 0 radical (unpaired) electrons. The van der Waals surface area contributed by atoms with E-state index in [0.29, 0.717) is 5.92 Å². The van der Waals surface area contributed by atoms with Gasteiger partial charge in [0.15, 0.2) is 5.96 Å². The molecule has 1 aliphatic rings. The maximum atomic E-state index is 9.89. The Morgan fingerprint density at radius 1 is 1.41 bits per heavy atom. The second-order valence-corrected chi connectivity index (χ2v) is 6.49. The van der Waals surface area contributed by atoms with Gasteiger partial charge in [-0.1, -0.05) is 40.5 Å². The molecular formula is C16H25BrIN3O. The van der Waals surface area contributed by atoms with Crippen molar-refractivity contribution < 1.29 is 5.11 Å². The number of aliphatic hydroxyl groups excluding tert-OH is 1. The lowest BCUT2D eigenvalue weighted by Gasteiger charge is -2.24. The summed E-state index contributed by atoms with van der Waals surface area (Å²) in [7, 11) is 3.82. The summed E-state index contributed by atoms with van der Waals surface area (Å²) in [5.74, 6) is 1.21. The first kappa shape index (κ1) is 19.7. The molecule has 0 saturated heterocycles. The molecule has 0 bridgehead atoms. The van der Waals surface area contributed by atoms with Crippen LogP contribution in [0.5, 0.6) is 0 Å². The highest BCUT2D eigenvalue weighted by atomic mass is 127. The van der Waals surface area contributed by atoms with Crippen LogP contribution in [-0.2, 0) is 6.54 Å². The molecule has 6 heteroatoms. The summed E-state index contributed by atoms with van der Waals surface area (Å²) in [6.07, 6.45) is 2.99. The van der Waals surface area contributed by atoms with Crippen molar-refractivity contribution in [1.82, 2.24) is 10.2 Å². The predicted octanol–water partition coefficient (Wildman–Crippen LogP) is 3.24. The Balaban J connectivity index is 0.00000242. The van der Waals surface area contributed by atoms with Gasteiger partial charge in [-0.3, -0.25) is 4.99 Å². The van der Waals surface area contributed by atoms with E-state index in [9.17, 15) is 5.11 Å². The first-order chi connectivity index (χ1) is 10.1. The number of aliphatic hydroxyl groups is 1. The van der Waals surface area contributed by atoms with Crippen LogP contribution in [0.1, 0.15) is 24.8 Å². The van der Waals surface area contributed by atoms with Crippen molar-refractivity contribution in [2.45, 2.75) is 31.9 Å². The number of hydrogen-bond donors (Lipinski definition) is 2. The standard InChI is InChI=1S/C16H24BrN3O.HI/c1-18-16(19-10-12-7-5-9-15(12)21)20(2)11-13-6-3-4-8-14(13)17;/h3-4,6,8,12,15,21H,5,7,9-11H2,1-2H3,(H,18,19);1H. The minimum absolute atomic E-state index is 0. The van der Waals surface area contributed by atoms with Gasteiger partial charge in [-0.15, -0.1) is 24.0 Å². The third-order valence-electron chi connectivity index (χ3n) is 4.08. The van der Waals surface area contributed by atoms with Crippen molar-refractivity contribution >= 4 is 45.9 Å². The SMILES string of the molecule is CN=C(NCC1CCCC1O)N(C)Cc1ccccc1Br.I. The van der Waals surface area contributed by atoms with E-state index in [1.54, 1.807) is 7.05 Å². The highest BCUT2D eigenvalue weighted by Gasteiger charge is 2.25. The largest absolute Gasteiger partial charge is 0.393 e. The van der Waals surface area contributed by atoms with Crippen molar-refractivity contribution in [3.8, 4) is 0 Å². The summed E-state index contributed by atoms with van der Waals surface area (Å²) in [6.45, 7) is 1.57. The minimum Gasteiger partial charge on any atom is -0.393 e. The Morgan fingerprint density at radius 2 is 2.14 bits per heavy atom. The zero-order valence-electron chi connectivity index (χ0n) is 13.1. The number of benzene rings is 1. The van der Waals surface area contributed by atoms with Crippen LogP contribution in [0.4, 0.5) is 0 Å². The van der Waals surface area contributed by atoms with E-state index in [-0.39, 0.29) is 30.1 Å². The van der Waals surface area contributed by atoms with Crippen molar-refractivity contribution in [3.05, 3.63) is 34.3 Å². The molecule has 2 atom stereocenters. The van der Waals surface area contributed by atoms with Gasteiger partial charge < -0.3 is 15.3 Å². The molecule has 0 amide bonds. The molecule has 124 valence electrons. The van der Waals surface area contributed by atoms with Gasteiger partial charge in [0, 0.05) is 37.6 Å². The third-order valence-corrected chi connectivity index (χ3v) is 4.85. The van der Waals surface area contributed by atoms with Gasteiger partial charge in [0.1, 0.15) is 0 Å². The van der Waals surface area contributed by atoms with Crippen LogP contribution in [0.3, 0.4) is 0 Å². The molecule has 22 heavy (non-hydrogen) atoms. The number of nitrogens with one attached hydrogen (secondary N) is 1. The monoisotopic (exact) mass is 481 g/mol. The van der Waals surface area contributed by atoms with Gasteiger partial charge >= 0.3 is 0 Å². The van der Waals surface area contributed by atoms with Crippen LogP contribution < -0.4 is 5.32 Å². The fraction of sp³-hybridized carbons (Fsp3) is 0.562. The molecule has 1 fully saturated rings. The second kappa shape index (κ2) is 9.72. The van der Waals surface area contributed by atoms with E-state index in [1.165, 1.54) is 5.56 Å². The minimum atomic E-state index is -0.163. The van der Waals surface area contributed by atoms with Gasteiger partial charge in [-0.2, -0.15) is 0 Å². The summed E-state index contributed by atoms with van der Waals surface area (Å²) in [5.41, 5.74) is 1.23. The molecule has 0 heterocycles. The van der Waals surface area contributed by atoms with E-state index in [0.717, 1.165) is 42.8 Å². The zero-order valence-corrected chi connectivity index (χ0v) is 17.0. The Kier molecular flexibility index (Phi) is 8.71. The van der Waals surface area contributed by atoms with Crippen molar-refractivity contribution in [1.29, 1.82) is 0 Å². The van der Waals surface area contributed by atoms with E-state index in [1.807, 2.05) is 25.2 Å². The fourth-order valence-electron chi connectivity index (χ4n) is 2.82. The van der Waals surface area contributed by atoms with E-state index < -0.39 is 0 Å². The van der Waals surface area contributed by atoms with Crippen LogP contribution in [-0.4, -0.2) is 42.7 Å². The van der Waals surface area contributed by atoms with Gasteiger partial charge in [-0.25, -0.2) is 0 Å². The molecule has 1 saturated carbocycles. The topological polar surface area (TPSA) is 47.9 Å². The summed E-state index contributed by atoms with van der Waals surface area (Å²) < 4.78 is 1.11. The lowest BCUT2D eigenvalue weighted by atomic mass is 10.1. The number of halogens is 2. The molecule has 0 spiro atoms. The average molecular weight is 482 g/mol. The zero-order chi connectivity index (χ0) is 15.2. The number of aliphatic imine (C=N–C) groups is 1. The molecule has 2 rings (SSSR count). The van der Waals surface area contributed by atoms with E-state index in [4.69, 9.17) is 0 Å². The van der Waals surface area contributed by atoms with Crippen LogP contribution in [0.25, 0.3) is 0 Å². The van der Waals surface area contributed by atoms with Crippen LogP contribution >= 0.6 is 39.9 Å². The van der Waals surface area contributed by atoms with Gasteiger partial charge in [0.25, 0.3) is 0 Å². The summed E-state index contributed by atoms with van der Waals surface area (Å²) >= 11 is 3.58. The normalized spacial score (nSPS) is 21.4. The fourth-order valence-corrected chi connectivity index (χ4v) is 3.23. The number of hydrogen-bond acceptors (Lipinski definition) is 2. The number of guanidine groups is 1. The summed E-state index contributed by atoms with van der Waals surface area (Å²) in [6, 6.07) is 8.21. The molecule has 4 nitrogen and oxygen atoms in total. The lowest BCUT2D eigenvalue weighted by molar-refractivity contribution is 0.134. The lowest BCUT2D eigenvalue weighted by Crippen LogP contribution is -2.41. The maximum absolute atomic E-state index is 9.89. The van der Waals surface area contributed by atoms with Crippen molar-refractivity contribution in [2.24, 2.45) is 10.9 Å². The Morgan fingerprint density at radius 3 is 2.73 bits per heavy atom. The molecule has 2 unspecified atom stereocenters. The van der Waals surface area contributed by atoms with E-state index in [2.05, 4.69) is 37.2 Å². The Labute approximate surface area is 158 Å². The number of nitrogens with zero attached hydrogens (tertiary/aromatic N) is 2. The summed E-state index contributed by atoms with van der Waals surface area (Å²) in [5, 5.41) is 13.3. The van der Waals surface area contributed by atoms with Crippen molar-refractivity contribution in [3.63, 3.8) is 0 Å². The Hall–Kier alpha value is -0.340. The molecule has 1 aromatic rings. The Bertz CT molecular complexity index is 498.